The first-order valence-corrected chi connectivity index (χ1v) is 4.06. The molecular weight excluding hydrogens is 144 g/mol. The fourth-order valence-corrected chi connectivity index (χ4v) is 1.84. The molecule has 2 rings (SSSR count). The van der Waals surface area contributed by atoms with Crippen molar-refractivity contribution in [2.24, 2.45) is 0 Å². The molecule has 2 heterocycles. The Balaban J connectivity index is 2.23. The zero-order valence-corrected chi connectivity index (χ0v) is 6.96. The number of hydrogen-bond acceptors (Lipinski definition) is 3. The van der Waals surface area contributed by atoms with Gasteiger partial charge in [-0.25, -0.2) is 0 Å². The number of hydrogen-bond donors (Lipinski definition) is 1. The van der Waals surface area contributed by atoms with Crippen LogP contribution in [-0.4, -0.2) is 29.2 Å². The molecule has 3 heteroatoms. The van der Waals surface area contributed by atoms with Crippen molar-refractivity contribution in [2.45, 2.75) is 44.2 Å². The highest BCUT2D eigenvalue weighted by atomic mass is 16.8. The van der Waals surface area contributed by atoms with Gasteiger partial charge in [0.05, 0.1) is 12.7 Å². The molecule has 2 aliphatic heterocycles. The largest absolute Gasteiger partial charge is 0.390 e. The molecule has 3 atom stereocenters. The first-order chi connectivity index (χ1) is 5.04. The summed E-state index contributed by atoms with van der Waals surface area (Å²) in [6, 6.07) is 0. The van der Waals surface area contributed by atoms with Gasteiger partial charge in [0.1, 0.15) is 5.60 Å². The maximum absolute atomic E-state index is 9.56. The van der Waals surface area contributed by atoms with E-state index in [2.05, 4.69) is 0 Å². The Labute approximate surface area is 66.3 Å². The van der Waals surface area contributed by atoms with Gasteiger partial charge in [0.15, 0.2) is 5.79 Å². The van der Waals surface area contributed by atoms with Crippen molar-refractivity contribution in [1.82, 2.24) is 0 Å². The smallest absolute Gasteiger partial charge is 0.166 e. The van der Waals surface area contributed by atoms with Crippen LogP contribution in [0.2, 0.25) is 0 Å². The third kappa shape index (κ3) is 0.991. The van der Waals surface area contributed by atoms with E-state index in [1.54, 1.807) is 0 Å². The van der Waals surface area contributed by atoms with Crippen molar-refractivity contribution in [1.29, 1.82) is 0 Å². The molecule has 3 nitrogen and oxygen atoms in total. The van der Waals surface area contributed by atoms with Crippen LogP contribution in [0.3, 0.4) is 0 Å². The van der Waals surface area contributed by atoms with Gasteiger partial charge < -0.3 is 14.6 Å². The molecule has 2 fully saturated rings. The normalized spacial score (nSPS) is 56.5. The third-order valence-corrected chi connectivity index (χ3v) is 2.69. The van der Waals surface area contributed by atoms with Crippen molar-refractivity contribution in [3.05, 3.63) is 0 Å². The van der Waals surface area contributed by atoms with E-state index < -0.39 is 11.4 Å². The molecule has 0 aliphatic carbocycles. The van der Waals surface area contributed by atoms with Crippen LogP contribution in [0.5, 0.6) is 0 Å². The first kappa shape index (κ1) is 7.53. The monoisotopic (exact) mass is 158 g/mol. The highest BCUT2D eigenvalue weighted by Crippen LogP contribution is 2.42. The van der Waals surface area contributed by atoms with Gasteiger partial charge in [-0.05, 0) is 20.3 Å². The molecule has 1 N–H and O–H groups in total. The molecular formula is C8H14O3. The fraction of sp³-hybridized carbons (Fsp3) is 1.00. The summed E-state index contributed by atoms with van der Waals surface area (Å²) >= 11 is 0. The quantitative estimate of drug-likeness (QED) is 0.563. The van der Waals surface area contributed by atoms with Gasteiger partial charge in [-0.15, -0.1) is 0 Å². The minimum absolute atomic E-state index is 0.363. The molecule has 0 radical (unpaired) electrons. The van der Waals surface area contributed by atoms with Crippen LogP contribution in [0.15, 0.2) is 0 Å². The average Bonchev–Trinajstić information content (AvgIpc) is 2.20. The lowest BCUT2D eigenvalue weighted by molar-refractivity contribution is -0.224. The molecule has 0 aromatic carbocycles. The van der Waals surface area contributed by atoms with E-state index in [4.69, 9.17) is 9.47 Å². The zero-order chi connectivity index (χ0) is 8.11. The molecule has 0 spiro atoms. The summed E-state index contributed by atoms with van der Waals surface area (Å²) < 4.78 is 11.1. The van der Waals surface area contributed by atoms with Crippen molar-refractivity contribution < 1.29 is 14.6 Å². The highest BCUT2D eigenvalue weighted by Gasteiger charge is 2.53. The van der Waals surface area contributed by atoms with E-state index in [9.17, 15) is 5.11 Å². The predicted octanol–water partition coefficient (Wildman–Crippen LogP) is 0.663. The van der Waals surface area contributed by atoms with Gasteiger partial charge in [-0.3, -0.25) is 0 Å². The van der Waals surface area contributed by atoms with Crippen molar-refractivity contribution in [2.75, 3.05) is 6.61 Å². The van der Waals surface area contributed by atoms with Crippen molar-refractivity contribution >= 4 is 0 Å². The lowest BCUT2D eigenvalue weighted by Crippen LogP contribution is -2.47. The molecule has 0 amide bonds. The SMILES string of the molecule is C[C@]12CC[C@H](O)[C@](C)(CO1)O2. The van der Waals surface area contributed by atoms with E-state index in [0.29, 0.717) is 6.61 Å². The Kier molecular flexibility index (Phi) is 1.35. The Morgan fingerprint density at radius 2 is 2.18 bits per heavy atom. The molecule has 2 bridgehead atoms. The zero-order valence-electron chi connectivity index (χ0n) is 6.96. The second-order valence-corrected chi connectivity index (χ2v) is 3.89. The summed E-state index contributed by atoms with van der Waals surface area (Å²) in [7, 11) is 0. The molecule has 0 unspecified atom stereocenters. The summed E-state index contributed by atoms with van der Waals surface area (Å²) in [5.41, 5.74) is -0.451. The lowest BCUT2D eigenvalue weighted by atomic mass is 9.92. The Bertz CT molecular complexity index is 178. The number of aliphatic hydroxyl groups is 1. The Morgan fingerprint density at radius 3 is 2.82 bits per heavy atom. The summed E-state index contributed by atoms with van der Waals surface area (Å²) in [6.07, 6.45) is 1.22. The van der Waals surface area contributed by atoms with E-state index in [0.717, 1.165) is 12.8 Å². The van der Waals surface area contributed by atoms with Crippen molar-refractivity contribution in [3.8, 4) is 0 Å². The number of ether oxygens (including phenoxy) is 2. The number of fused-ring (bicyclic) bond motifs is 2. The minimum atomic E-state index is -0.451. The molecule has 0 aromatic heterocycles. The summed E-state index contributed by atoms with van der Waals surface area (Å²) in [6.45, 7) is 4.36. The van der Waals surface area contributed by atoms with Gasteiger partial charge in [0, 0.05) is 6.42 Å². The number of aliphatic hydroxyl groups excluding tert-OH is 1. The van der Waals surface area contributed by atoms with Crippen LogP contribution in [0, 0.1) is 0 Å². The molecule has 2 aliphatic rings. The fourth-order valence-electron chi connectivity index (χ4n) is 1.84. The topological polar surface area (TPSA) is 38.7 Å². The minimum Gasteiger partial charge on any atom is -0.390 e. The number of rotatable bonds is 0. The van der Waals surface area contributed by atoms with Crippen LogP contribution in [0.4, 0.5) is 0 Å². The van der Waals surface area contributed by atoms with Crippen LogP contribution in [0.25, 0.3) is 0 Å². The first-order valence-electron chi connectivity index (χ1n) is 4.06. The van der Waals surface area contributed by atoms with Gasteiger partial charge >= 0.3 is 0 Å². The van der Waals surface area contributed by atoms with E-state index in [-0.39, 0.29) is 6.10 Å². The van der Waals surface area contributed by atoms with Crippen LogP contribution >= 0.6 is 0 Å². The van der Waals surface area contributed by atoms with Crippen LogP contribution in [0.1, 0.15) is 26.7 Å². The summed E-state index contributed by atoms with van der Waals surface area (Å²) in [4.78, 5) is 0. The standard InChI is InChI=1S/C8H14O3/c1-7-5-10-8(2,11-7)4-3-6(7)9/h6,9H,3-5H2,1-2H3/t6-,7-,8-/m0/s1. The average molecular weight is 158 g/mol. The van der Waals surface area contributed by atoms with Crippen LogP contribution < -0.4 is 0 Å². The predicted molar refractivity (Wildman–Crippen MR) is 39.1 cm³/mol. The summed E-state index contributed by atoms with van der Waals surface area (Å²) in [5.74, 6) is -0.423. The van der Waals surface area contributed by atoms with Gasteiger partial charge in [0.2, 0.25) is 0 Å². The lowest BCUT2D eigenvalue weighted by Gasteiger charge is -2.36. The van der Waals surface area contributed by atoms with E-state index in [1.807, 2.05) is 13.8 Å². The second kappa shape index (κ2) is 1.97. The van der Waals surface area contributed by atoms with Crippen molar-refractivity contribution in [3.63, 3.8) is 0 Å². The summed E-state index contributed by atoms with van der Waals surface area (Å²) in [5, 5.41) is 9.56. The Hall–Kier alpha value is -0.120. The third-order valence-electron chi connectivity index (χ3n) is 2.69. The highest BCUT2D eigenvalue weighted by molar-refractivity contribution is 4.96. The van der Waals surface area contributed by atoms with Crippen LogP contribution in [-0.2, 0) is 9.47 Å². The van der Waals surface area contributed by atoms with E-state index in [1.165, 1.54) is 0 Å². The second-order valence-electron chi connectivity index (χ2n) is 3.89. The molecule has 0 saturated carbocycles. The maximum atomic E-state index is 9.56. The molecule has 2 saturated heterocycles. The Morgan fingerprint density at radius 1 is 1.45 bits per heavy atom. The molecule has 0 aromatic rings. The van der Waals surface area contributed by atoms with Gasteiger partial charge in [0.25, 0.3) is 0 Å². The van der Waals surface area contributed by atoms with E-state index >= 15 is 0 Å². The maximum Gasteiger partial charge on any atom is 0.166 e. The van der Waals surface area contributed by atoms with Gasteiger partial charge in [-0.2, -0.15) is 0 Å². The molecule has 64 valence electrons. The molecule has 11 heavy (non-hydrogen) atoms. The van der Waals surface area contributed by atoms with Gasteiger partial charge in [-0.1, -0.05) is 0 Å².